The number of carbonyl (C=O) groups excluding carboxylic acids is 1. The smallest absolute Gasteiger partial charge is 0.335 e. The van der Waals surface area contributed by atoms with Crippen LogP contribution in [0.15, 0.2) is 41.7 Å². The molecule has 0 unspecified atom stereocenters. The monoisotopic (exact) mass is 403 g/mol. The van der Waals surface area contributed by atoms with Crippen LogP contribution in [0.25, 0.3) is 0 Å². The van der Waals surface area contributed by atoms with Crippen molar-refractivity contribution in [2.45, 2.75) is 20.8 Å². The lowest BCUT2D eigenvalue weighted by molar-refractivity contribution is 0.0696. The van der Waals surface area contributed by atoms with Gasteiger partial charge in [0.2, 0.25) is 0 Å². The number of carbonyl (C=O) groups is 2. The Bertz CT molecular complexity index is 899. The van der Waals surface area contributed by atoms with Gasteiger partial charge in [-0.15, -0.1) is 4.91 Å². The van der Waals surface area contributed by atoms with E-state index in [0.29, 0.717) is 11.3 Å². The maximum atomic E-state index is 12.2. The van der Waals surface area contributed by atoms with Crippen molar-refractivity contribution in [3.63, 3.8) is 0 Å². The van der Waals surface area contributed by atoms with Crippen molar-refractivity contribution in [3.05, 3.63) is 69.1 Å². The molecule has 9 heteroatoms. The summed E-state index contributed by atoms with van der Waals surface area (Å²) in [6.07, 6.45) is 0. The van der Waals surface area contributed by atoms with Gasteiger partial charge >= 0.3 is 5.97 Å². The molecule has 148 valence electrons. The van der Waals surface area contributed by atoms with Gasteiger partial charge in [0.1, 0.15) is 7.11 Å². The Labute approximate surface area is 167 Å². The molecular formula is C19H21N3O5S. The van der Waals surface area contributed by atoms with Crippen molar-refractivity contribution in [2.75, 3.05) is 12.4 Å². The first-order chi connectivity index (χ1) is 13.2. The lowest BCUT2D eigenvalue weighted by Crippen LogP contribution is -2.34. The van der Waals surface area contributed by atoms with E-state index in [1.54, 1.807) is 18.2 Å². The lowest BCUT2D eigenvalue weighted by Gasteiger charge is -2.13. The van der Waals surface area contributed by atoms with E-state index < -0.39 is 5.97 Å². The highest BCUT2D eigenvalue weighted by molar-refractivity contribution is 7.80. The molecule has 0 heterocycles. The van der Waals surface area contributed by atoms with E-state index in [1.807, 2.05) is 32.2 Å². The Kier molecular flexibility index (Phi) is 8.70. The summed E-state index contributed by atoms with van der Waals surface area (Å²) in [6, 6.07) is 10.1. The molecule has 0 bridgehead atoms. The summed E-state index contributed by atoms with van der Waals surface area (Å²) < 4.78 is 0. The second-order valence-electron chi connectivity index (χ2n) is 5.80. The minimum absolute atomic E-state index is 0.115. The number of thiocarbonyl (C=S) groups is 1. The number of amides is 1. The van der Waals surface area contributed by atoms with Crippen molar-refractivity contribution in [2.24, 2.45) is 5.34 Å². The zero-order chi connectivity index (χ0) is 21.3. The third-order valence-corrected chi connectivity index (χ3v) is 4.01. The van der Waals surface area contributed by atoms with E-state index >= 15 is 0 Å². The van der Waals surface area contributed by atoms with Gasteiger partial charge in [0, 0.05) is 11.3 Å². The van der Waals surface area contributed by atoms with Gasteiger partial charge in [0.05, 0.1) is 5.56 Å². The van der Waals surface area contributed by atoms with Crippen LogP contribution in [0.1, 0.15) is 37.4 Å². The molecule has 0 aliphatic heterocycles. The summed E-state index contributed by atoms with van der Waals surface area (Å²) >= 11 is 5.15. The molecule has 0 aliphatic rings. The van der Waals surface area contributed by atoms with Gasteiger partial charge in [0.15, 0.2) is 10.5 Å². The van der Waals surface area contributed by atoms with E-state index in [9.17, 15) is 9.59 Å². The highest BCUT2D eigenvalue weighted by Crippen LogP contribution is 2.17. The van der Waals surface area contributed by atoms with E-state index in [-0.39, 0.29) is 16.6 Å². The number of aromatic carboxylic acids is 1. The fourth-order valence-corrected chi connectivity index (χ4v) is 2.30. The molecule has 0 saturated carbocycles. The molecule has 0 spiro atoms. The summed E-state index contributed by atoms with van der Waals surface area (Å²) in [7, 11) is 1.20. The number of nitrogens with one attached hydrogen (secondary N) is 2. The number of carboxylic acids is 1. The predicted octanol–water partition coefficient (Wildman–Crippen LogP) is 3.75. The molecule has 0 atom stereocenters. The predicted molar refractivity (Wildman–Crippen MR) is 111 cm³/mol. The van der Waals surface area contributed by atoms with Gasteiger partial charge in [-0.25, -0.2) is 4.79 Å². The summed E-state index contributed by atoms with van der Waals surface area (Å²) in [6.45, 7) is 5.73. The standard InChI is InChI=1S/C18H18N2O3S.CH3NO2/c1-10-4-6-13(8-12(10)3)16(21)20-18(24)19-15-9-14(17(22)23)7-5-11(15)2;1-4-2-3/h4-9H,1-3H3,(H,22,23)(H2,19,20,21,24);1H3. The van der Waals surface area contributed by atoms with Crippen molar-refractivity contribution < 1.29 is 19.5 Å². The Morgan fingerprint density at radius 1 is 1.00 bits per heavy atom. The zero-order valence-corrected chi connectivity index (χ0v) is 16.7. The molecule has 0 aliphatic carbocycles. The number of benzene rings is 2. The van der Waals surface area contributed by atoms with Gasteiger partial charge in [-0.05, 0) is 73.9 Å². The van der Waals surface area contributed by atoms with Gasteiger partial charge < -0.3 is 15.3 Å². The largest absolute Gasteiger partial charge is 0.478 e. The summed E-state index contributed by atoms with van der Waals surface area (Å²) in [5.41, 5.74) is 4.15. The molecule has 0 radical (unpaired) electrons. The normalized spacial score (nSPS) is 9.43. The van der Waals surface area contributed by atoms with Crippen LogP contribution in [0.4, 0.5) is 5.69 Å². The summed E-state index contributed by atoms with van der Waals surface area (Å²) in [5.74, 6) is -1.34. The molecule has 8 nitrogen and oxygen atoms in total. The molecule has 3 N–H and O–H groups in total. The topological polar surface area (TPSA) is 117 Å². The van der Waals surface area contributed by atoms with Crippen LogP contribution in [0.2, 0.25) is 0 Å². The van der Waals surface area contributed by atoms with Crippen LogP contribution in [0.5, 0.6) is 0 Å². The molecule has 0 aromatic heterocycles. The van der Waals surface area contributed by atoms with Crippen molar-refractivity contribution in [1.82, 2.24) is 5.32 Å². The number of hydrogen-bond acceptors (Lipinski definition) is 6. The van der Waals surface area contributed by atoms with Gasteiger partial charge in [-0.2, -0.15) is 0 Å². The summed E-state index contributed by atoms with van der Waals surface area (Å²) in [4.78, 5) is 35.6. The zero-order valence-electron chi connectivity index (χ0n) is 15.9. The van der Waals surface area contributed by atoms with E-state index in [1.165, 1.54) is 19.2 Å². The third kappa shape index (κ3) is 6.76. The number of hydrogen-bond donors (Lipinski definition) is 3. The minimum Gasteiger partial charge on any atom is -0.478 e. The molecule has 1 amide bonds. The van der Waals surface area contributed by atoms with Crippen LogP contribution < -0.4 is 10.6 Å². The van der Waals surface area contributed by atoms with E-state index in [0.717, 1.165) is 16.7 Å². The maximum Gasteiger partial charge on any atom is 0.335 e. The third-order valence-electron chi connectivity index (χ3n) is 3.80. The maximum absolute atomic E-state index is 12.2. The van der Waals surface area contributed by atoms with Crippen LogP contribution in [0.3, 0.4) is 0 Å². The average Bonchev–Trinajstić information content (AvgIpc) is 2.65. The molecule has 2 aromatic rings. The highest BCUT2D eigenvalue weighted by atomic mass is 32.1. The molecule has 28 heavy (non-hydrogen) atoms. The fraction of sp³-hybridized carbons (Fsp3) is 0.211. The van der Waals surface area contributed by atoms with Crippen LogP contribution in [-0.2, 0) is 4.84 Å². The Balaban J connectivity index is 0.000000892. The van der Waals surface area contributed by atoms with Gasteiger partial charge in [0.25, 0.3) is 5.91 Å². The number of rotatable bonds is 4. The number of anilines is 1. The Morgan fingerprint density at radius 3 is 2.11 bits per heavy atom. The van der Waals surface area contributed by atoms with Crippen molar-refractivity contribution in [3.8, 4) is 0 Å². The number of carboxylic acid groups (broad SMARTS) is 1. The van der Waals surface area contributed by atoms with Crippen molar-refractivity contribution in [1.29, 1.82) is 0 Å². The second-order valence-corrected chi connectivity index (χ2v) is 6.21. The Hall–Kier alpha value is -3.33. The number of nitrogens with zero attached hydrogens (tertiary/aromatic N) is 1. The first-order valence-corrected chi connectivity index (χ1v) is 8.49. The van der Waals surface area contributed by atoms with Crippen molar-refractivity contribution >= 4 is 34.9 Å². The first kappa shape index (κ1) is 22.7. The SMILES string of the molecule is CON=O.Cc1ccc(C(=O)NC(=S)Nc2cc(C(=O)O)ccc2C)cc1C. The molecular weight excluding hydrogens is 382 g/mol. The van der Waals surface area contributed by atoms with Crippen LogP contribution in [0, 0.1) is 25.7 Å². The molecule has 2 aromatic carbocycles. The quantitative estimate of drug-likeness (QED) is 0.404. The summed E-state index contributed by atoms with van der Waals surface area (Å²) in [5, 5.41) is 16.6. The van der Waals surface area contributed by atoms with Gasteiger partial charge in [-0.3, -0.25) is 10.1 Å². The van der Waals surface area contributed by atoms with Crippen LogP contribution >= 0.6 is 12.2 Å². The average molecular weight is 403 g/mol. The molecule has 0 saturated heterocycles. The fourth-order valence-electron chi connectivity index (χ4n) is 2.10. The lowest BCUT2D eigenvalue weighted by atomic mass is 10.1. The molecule has 0 fully saturated rings. The van der Waals surface area contributed by atoms with Gasteiger partial charge in [-0.1, -0.05) is 12.1 Å². The minimum atomic E-state index is -1.02. The van der Waals surface area contributed by atoms with Crippen LogP contribution in [-0.4, -0.2) is 29.2 Å². The first-order valence-electron chi connectivity index (χ1n) is 8.09. The van der Waals surface area contributed by atoms with E-state index in [4.69, 9.17) is 22.2 Å². The molecule has 2 rings (SSSR count). The number of aryl methyl sites for hydroxylation is 3. The second kappa shape index (κ2) is 10.7. The highest BCUT2D eigenvalue weighted by Gasteiger charge is 2.11. The van der Waals surface area contributed by atoms with E-state index in [2.05, 4.69) is 15.5 Å². The Morgan fingerprint density at radius 2 is 1.57 bits per heavy atom.